The van der Waals surface area contributed by atoms with Crippen LogP contribution in [0.25, 0.3) is 0 Å². The zero-order valence-corrected chi connectivity index (χ0v) is 8.33. The Labute approximate surface area is 77.1 Å². The lowest BCUT2D eigenvalue weighted by atomic mass is 10.4. The van der Waals surface area contributed by atoms with Gasteiger partial charge in [-0.05, 0) is 6.92 Å². The van der Waals surface area contributed by atoms with Gasteiger partial charge in [0.15, 0.2) is 0 Å². The second kappa shape index (κ2) is 4.26. The van der Waals surface area contributed by atoms with Gasteiger partial charge in [0.05, 0.1) is 5.25 Å². The first-order valence-electron chi connectivity index (χ1n) is 3.76. The summed E-state index contributed by atoms with van der Waals surface area (Å²) in [5.41, 5.74) is 0. The molecule has 0 aromatic carbocycles. The summed E-state index contributed by atoms with van der Waals surface area (Å²) in [7, 11) is 0. The van der Waals surface area contributed by atoms with Crippen molar-refractivity contribution in [1.29, 1.82) is 0 Å². The third kappa shape index (κ3) is 2.60. The second-order valence-corrected chi connectivity index (χ2v) is 4.61. The Bertz CT molecular complexity index is 143. The van der Waals surface area contributed by atoms with E-state index in [9.17, 15) is 4.79 Å². The van der Waals surface area contributed by atoms with Gasteiger partial charge in [0.25, 0.3) is 0 Å². The Morgan fingerprint density at radius 1 is 1.55 bits per heavy atom. The lowest BCUT2D eigenvalue weighted by molar-refractivity contribution is -0.129. The highest BCUT2D eigenvalue weighted by Crippen LogP contribution is 2.11. The number of amides is 1. The molecule has 0 bridgehead atoms. The van der Waals surface area contributed by atoms with Gasteiger partial charge in [-0.2, -0.15) is 24.4 Å². The summed E-state index contributed by atoms with van der Waals surface area (Å²) in [5.74, 6) is 2.33. The molecule has 0 N–H and O–H groups in total. The van der Waals surface area contributed by atoms with Gasteiger partial charge in [0, 0.05) is 24.6 Å². The van der Waals surface area contributed by atoms with Crippen LogP contribution in [0.15, 0.2) is 0 Å². The van der Waals surface area contributed by atoms with Gasteiger partial charge < -0.3 is 4.90 Å². The largest absolute Gasteiger partial charge is 0.340 e. The van der Waals surface area contributed by atoms with E-state index in [4.69, 9.17) is 0 Å². The van der Waals surface area contributed by atoms with E-state index in [1.165, 1.54) is 0 Å². The molecule has 2 nitrogen and oxygen atoms in total. The Kier molecular flexibility index (Phi) is 3.59. The van der Waals surface area contributed by atoms with Crippen LogP contribution in [0.5, 0.6) is 0 Å². The minimum Gasteiger partial charge on any atom is -0.340 e. The van der Waals surface area contributed by atoms with Gasteiger partial charge in [-0.3, -0.25) is 4.79 Å². The minimum absolute atomic E-state index is 0.141. The van der Waals surface area contributed by atoms with Crippen molar-refractivity contribution < 1.29 is 4.79 Å². The molecular formula is C7H13NOS2. The number of nitrogens with zero attached hydrogens (tertiary/aromatic N) is 1. The molecule has 1 aliphatic heterocycles. The van der Waals surface area contributed by atoms with E-state index in [0.717, 1.165) is 24.6 Å². The molecule has 0 spiro atoms. The molecule has 1 atom stereocenters. The number of thioether (sulfide) groups is 1. The number of rotatable bonds is 1. The third-order valence-electron chi connectivity index (χ3n) is 1.68. The fourth-order valence-corrected chi connectivity index (χ4v) is 2.11. The molecule has 0 aliphatic carbocycles. The first kappa shape index (κ1) is 9.26. The Morgan fingerprint density at radius 2 is 2.09 bits per heavy atom. The van der Waals surface area contributed by atoms with Gasteiger partial charge in [-0.15, -0.1) is 0 Å². The van der Waals surface area contributed by atoms with E-state index in [2.05, 4.69) is 12.6 Å². The monoisotopic (exact) mass is 191 g/mol. The topological polar surface area (TPSA) is 20.3 Å². The molecule has 1 aliphatic rings. The molecule has 0 aromatic heterocycles. The molecular weight excluding hydrogens is 178 g/mol. The van der Waals surface area contributed by atoms with E-state index < -0.39 is 0 Å². The minimum atomic E-state index is -0.141. The van der Waals surface area contributed by atoms with Crippen molar-refractivity contribution in [2.24, 2.45) is 0 Å². The summed E-state index contributed by atoms with van der Waals surface area (Å²) in [4.78, 5) is 13.2. The second-order valence-electron chi connectivity index (χ2n) is 2.61. The lowest BCUT2D eigenvalue weighted by Gasteiger charge is -2.27. The smallest absolute Gasteiger partial charge is 0.235 e. The van der Waals surface area contributed by atoms with Crippen molar-refractivity contribution in [3.05, 3.63) is 0 Å². The van der Waals surface area contributed by atoms with Gasteiger partial charge >= 0.3 is 0 Å². The zero-order valence-electron chi connectivity index (χ0n) is 6.62. The summed E-state index contributed by atoms with van der Waals surface area (Å²) in [6.07, 6.45) is 0. The van der Waals surface area contributed by atoms with Crippen molar-refractivity contribution >= 4 is 30.3 Å². The van der Waals surface area contributed by atoms with Gasteiger partial charge in [0.1, 0.15) is 0 Å². The highest BCUT2D eigenvalue weighted by Gasteiger charge is 2.19. The Morgan fingerprint density at radius 3 is 2.55 bits per heavy atom. The number of hydrogen-bond donors (Lipinski definition) is 1. The average molecular weight is 191 g/mol. The first-order valence-corrected chi connectivity index (χ1v) is 5.43. The van der Waals surface area contributed by atoms with Crippen LogP contribution in [0.1, 0.15) is 6.92 Å². The molecule has 1 saturated heterocycles. The predicted octanol–water partition coefficient (Wildman–Crippen LogP) is 0.880. The lowest BCUT2D eigenvalue weighted by Crippen LogP contribution is -2.41. The molecule has 11 heavy (non-hydrogen) atoms. The summed E-state index contributed by atoms with van der Waals surface area (Å²) in [6.45, 7) is 3.62. The van der Waals surface area contributed by atoms with Crippen LogP contribution in [0.2, 0.25) is 0 Å². The molecule has 4 heteroatoms. The number of carbonyl (C=O) groups is 1. The van der Waals surface area contributed by atoms with E-state index >= 15 is 0 Å². The summed E-state index contributed by atoms with van der Waals surface area (Å²) >= 11 is 6.01. The average Bonchev–Trinajstić information content (AvgIpc) is 2.05. The maximum absolute atomic E-state index is 11.3. The molecule has 0 saturated carbocycles. The summed E-state index contributed by atoms with van der Waals surface area (Å²) in [6, 6.07) is 0. The van der Waals surface area contributed by atoms with Gasteiger partial charge in [-0.1, -0.05) is 0 Å². The number of carbonyl (C=O) groups excluding carboxylic acids is 1. The van der Waals surface area contributed by atoms with E-state index in [0.29, 0.717) is 0 Å². The van der Waals surface area contributed by atoms with E-state index in [-0.39, 0.29) is 11.2 Å². The quantitative estimate of drug-likeness (QED) is 0.621. The maximum Gasteiger partial charge on any atom is 0.235 e. The van der Waals surface area contributed by atoms with Crippen LogP contribution in [0.3, 0.4) is 0 Å². The van der Waals surface area contributed by atoms with Gasteiger partial charge in [-0.25, -0.2) is 0 Å². The van der Waals surface area contributed by atoms with E-state index in [1.807, 2.05) is 23.6 Å². The molecule has 1 fully saturated rings. The van der Waals surface area contributed by atoms with Crippen molar-refractivity contribution in [1.82, 2.24) is 4.90 Å². The molecule has 1 heterocycles. The number of thiol groups is 1. The Balaban J connectivity index is 2.39. The van der Waals surface area contributed by atoms with Crippen LogP contribution >= 0.6 is 24.4 Å². The fourth-order valence-electron chi connectivity index (χ4n) is 1.05. The number of hydrogen-bond acceptors (Lipinski definition) is 3. The molecule has 1 unspecified atom stereocenters. The van der Waals surface area contributed by atoms with E-state index in [1.54, 1.807) is 0 Å². The molecule has 1 rings (SSSR count). The molecule has 1 amide bonds. The third-order valence-corrected chi connectivity index (χ3v) is 2.84. The summed E-state index contributed by atoms with van der Waals surface area (Å²) < 4.78 is 0. The van der Waals surface area contributed by atoms with Gasteiger partial charge in [0.2, 0.25) is 5.91 Å². The van der Waals surface area contributed by atoms with Crippen LogP contribution in [0, 0.1) is 0 Å². The summed E-state index contributed by atoms with van der Waals surface area (Å²) in [5, 5.41) is -0.141. The van der Waals surface area contributed by atoms with Crippen molar-refractivity contribution in [2.45, 2.75) is 12.2 Å². The van der Waals surface area contributed by atoms with Crippen LogP contribution < -0.4 is 0 Å². The molecule has 0 radical (unpaired) electrons. The van der Waals surface area contributed by atoms with Crippen molar-refractivity contribution in [2.75, 3.05) is 24.6 Å². The predicted molar refractivity (Wildman–Crippen MR) is 52.4 cm³/mol. The van der Waals surface area contributed by atoms with Crippen LogP contribution in [-0.4, -0.2) is 40.7 Å². The zero-order chi connectivity index (χ0) is 8.27. The molecule has 0 aromatic rings. The maximum atomic E-state index is 11.3. The molecule has 64 valence electrons. The normalized spacial score (nSPS) is 21.5. The highest BCUT2D eigenvalue weighted by atomic mass is 32.2. The first-order chi connectivity index (χ1) is 5.22. The fraction of sp³-hybridized carbons (Fsp3) is 0.857. The van der Waals surface area contributed by atoms with Crippen LogP contribution in [-0.2, 0) is 4.79 Å². The van der Waals surface area contributed by atoms with Crippen molar-refractivity contribution in [3.8, 4) is 0 Å². The Hall–Kier alpha value is 0.170. The SMILES string of the molecule is CC(S)C(=O)N1CCSCC1. The van der Waals surface area contributed by atoms with Crippen LogP contribution in [0.4, 0.5) is 0 Å². The van der Waals surface area contributed by atoms with Crippen molar-refractivity contribution in [3.63, 3.8) is 0 Å². The standard InChI is InChI=1S/C7H13NOS2/c1-6(10)7(9)8-2-4-11-5-3-8/h6,10H,2-5H2,1H3. The highest BCUT2D eigenvalue weighted by molar-refractivity contribution is 7.99.